The summed E-state index contributed by atoms with van der Waals surface area (Å²) >= 11 is 5.98. The van der Waals surface area contributed by atoms with Crippen molar-refractivity contribution in [1.82, 2.24) is 9.78 Å². The summed E-state index contributed by atoms with van der Waals surface area (Å²) < 4.78 is 7.16. The number of amides is 1. The maximum atomic E-state index is 12.5. The highest BCUT2D eigenvalue weighted by Crippen LogP contribution is 2.32. The zero-order valence-corrected chi connectivity index (χ0v) is 16.1. The topological polar surface area (TPSA) is 99.3 Å². The molecule has 3 aromatic rings. The van der Waals surface area contributed by atoms with E-state index in [9.17, 15) is 14.9 Å². The van der Waals surface area contributed by atoms with Crippen LogP contribution in [0.4, 0.5) is 11.4 Å². The van der Waals surface area contributed by atoms with E-state index in [1.807, 2.05) is 32.0 Å². The van der Waals surface area contributed by atoms with Crippen molar-refractivity contribution in [2.75, 3.05) is 5.32 Å². The third-order valence-electron chi connectivity index (χ3n) is 4.04. The maximum absolute atomic E-state index is 12.5. The van der Waals surface area contributed by atoms with Crippen molar-refractivity contribution < 1.29 is 14.5 Å². The Bertz CT molecular complexity index is 1060. The van der Waals surface area contributed by atoms with Gasteiger partial charge in [0.25, 0.3) is 11.6 Å². The lowest BCUT2D eigenvalue weighted by atomic mass is 10.1. The van der Waals surface area contributed by atoms with E-state index in [-0.39, 0.29) is 27.8 Å². The molecule has 0 aliphatic carbocycles. The molecule has 0 saturated carbocycles. The average molecular weight is 401 g/mol. The van der Waals surface area contributed by atoms with E-state index in [1.165, 1.54) is 29.1 Å². The molecule has 0 radical (unpaired) electrons. The second kappa shape index (κ2) is 7.69. The van der Waals surface area contributed by atoms with Crippen molar-refractivity contribution in [1.29, 1.82) is 0 Å². The molecular formula is C19H17ClN4O4. The number of non-ortho nitro benzene ring substituents is 1. The molecule has 3 rings (SSSR count). The SMILES string of the molecule is Cc1ccc(C)c(Oc2cc(NC(=O)c3c(Cl)cnn3C)cc([N+](=O)[O-])c2)c1. The molecule has 1 N–H and O–H groups in total. The summed E-state index contributed by atoms with van der Waals surface area (Å²) in [7, 11) is 1.57. The number of ether oxygens (including phenoxy) is 1. The molecule has 28 heavy (non-hydrogen) atoms. The van der Waals surface area contributed by atoms with Crippen LogP contribution in [0.5, 0.6) is 11.5 Å². The number of nitrogens with zero attached hydrogens (tertiary/aromatic N) is 3. The fourth-order valence-electron chi connectivity index (χ4n) is 2.62. The van der Waals surface area contributed by atoms with Crippen LogP contribution in [-0.2, 0) is 7.05 Å². The standard InChI is InChI=1S/C19H17ClN4O4/c1-11-4-5-12(2)17(6-11)28-15-8-13(7-14(9-15)24(26)27)22-19(25)18-16(20)10-21-23(18)3/h4-10H,1-3H3,(H,22,25). The van der Waals surface area contributed by atoms with Crippen LogP contribution in [0.3, 0.4) is 0 Å². The van der Waals surface area contributed by atoms with Gasteiger partial charge in [-0.05, 0) is 31.0 Å². The predicted octanol–water partition coefficient (Wildman–Crippen LogP) is 4.64. The molecular weight excluding hydrogens is 384 g/mol. The number of nitrogens with one attached hydrogen (secondary N) is 1. The Balaban J connectivity index is 1.95. The first kappa shape index (κ1) is 19.4. The number of benzene rings is 2. The fourth-order valence-corrected chi connectivity index (χ4v) is 2.87. The number of aryl methyl sites for hydroxylation is 3. The second-order valence-corrected chi connectivity index (χ2v) is 6.67. The first-order valence-electron chi connectivity index (χ1n) is 8.28. The van der Waals surface area contributed by atoms with E-state index in [0.717, 1.165) is 11.1 Å². The van der Waals surface area contributed by atoms with Crippen LogP contribution in [-0.4, -0.2) is 20.6 Å². The molecule has 8 nitrogen and oxygen atoms in total. The largest absolute Gasteiger partial charge is 0.457 e. The molecule has 0 saturated heterocycles. The number of carbonyl (C=O) groups excluding carboxylic acids is 1. The zero-order valence-electron chi connectivity index (χ0n) is 15.4. The molecule has 1 heterocycles. The van der Waals surface area contributed by atoms with Crippen LogP contribution >= 0.6 is 11.6 Å². The molecule has 0 fully saturated rings. The molecule has 0 aliphatic heterocycles. The normalized spacial score (nSPS) is 10.6. The monoisotopic (exact) mass is 400 g/mol. The summed E-state index contributed by atoms with van der Waals surface area (Å²) in [5.41, 5.74) is 2.01. The highest BCUT2D eigenvalue weighted by Gasteiger charge is 2.18. The molecule has 9 heteroatoms. The van der Waals surface area contributed by atoms with Gasteiger partial charge >= 0.3 is 0 Å². The number of rotatable bonds is 5. The van der Waals surface area contributed by atoms with E-state index < -0.39 is 10.8 Å². The molecule has 2 aromatic carbocycles. The van der Waals surface area contributed by atoms with E-state index in [2.05, 4.69) is 10.4 Å². The van der Waals surface area contributed by atoms with Gasteiger partial charge in [-0.25, -0.2) is 0 Å². The van der Waals surface area contributed by atoms with E-state index in [0.29, 0.717) is 5.75 Å². The van der Waals surface area contributed by atoms with Crippen molar-refractivity contribution in [3.8, 4) is 11.5 Å². The number of anilines is 1. The predicted molar refractivity (Wildman–Crippen MR) is 105 cm³/mol. The molecule has 0 atom stereocenters. The number of halogens is 1. The van der Waals surface area contributed by atoms with Gasteiger partial charge in [0.05, 0.1) is 27.9 Å². The van der Waals surface area contributed by atoms with Gasteiger partial charge in [-0.1, -0.05) is 23.7 Å². The first-order chi connectivity index (χ1) is 13.2. The van der Waals surface area contributed by atoms with Gasteiger partial charge in [0.2, 0.25) is 0 Å². The number of hydrogen-bond acceptors (Lipinski definition) is 5. The summed E-state index contributed by atoms with van der Waals surface area (Å²) in [4.78, 5) is 23.3. The Morgan fingerprint density at radius 3 is 2.64 bits per heavy atom. The van der Waals surface area contributed by atoms with Gasteiger partial charge in [-0.3, -0.25) is 19.6 Å². The minimum Gasteiger partial charge on any atom is -0.457 e. The number of nitro groups is 1. The summed E-state index contributed by atoms with van der Waals surface area (Å²) in [6, 6.07) is 9.74. The molecule has 0 bridgehead atoms. The van der Waals surface area contributed by atoms with Crippen molar-refractivity contribution in [3.63, 3.8) is 0 Å². The number of hydrogen-bond donors (Lipinski definition) is 1. The Kier molecular flexibility index (Phi) is 5.32. The lowest BCUT2D eigenvalue weighted by Crippen LogP contribution is -2.16. The highest BCUT2D eigenvalue weighted by atomic mass is 35.5. The van der Waals surface area contributed by atoms with E-state index in [1.54, 1.807) is 7.05 Å². The zero-order chi connectivity index (χ0) is 20.4. The molecule has 1 aromatic heterocycles. The highest BCUT2D eigenvalue weighted by molar-refractivity contribution is 6.34. The smallest absolute Gasteiger partial charge is 0.275 e. The Morgan fingerprint density at radius 1 is 1.25 bits per heavy atom. The summed E-state index contributed by atoms with van der Waals surface area (Å²) in [6.07, 6.45) is 1.35. The molecule has 0 unspecified atom stereocenters. The molecule has 0 spiro atoms. The third kappa shape index (κ3) is 4.12. The minimum absolute atomic E-state index is 0.144. The fraction of sp³-hybridized carbons (Fsp3) is 0.158. The van der Waals surface area contributed by atoms with Gasteiger partial charge in [0.15, 0.2) is 0 Å². The van der Waals surface area contributed by atoms with Gasteiger partial charge in [0.1, 0.15) is 17.2 Å². The van der Waals surface area contributed by atoms with Crippen LogP contribution in [0.25, 0.3) is 0 Å². The van der Waals surface area contributed by atoms with Crippen molar-refractivity contribution in [2.45, 2.75) is 13.8 Å². The maximum Gasteiger partial charge on any atom is 0.275 e. The summed E-state index contributed by atoms with van der Waals surface area (Å²) in [6.45, 7) is 3.79. The summed E-state index contributed by atoms with van der Waals surface area (Å²) in [5.74, 6) is 0.268. The minimum atomic E-state index is -0.553. The van der Waals surface area contributed by atoms with Crippen molar-refractivity contribution >= 4 is 28.9 Å². The first-order valence-corrected chi connectivity index (χ1v) is 8.66. The Labute approximate surface area is 165 Å². The molecule has 144 valence electrons. The van der Waals surface area contributed by atoms with Crippen LogP contribution in [0.15, 0.2) is 42.6 Å². The number of nitro benzene ring substituents is 1. The number of carbonyl (C=O) groups is 1. The lowest BCUT2D eigenvalue weighted by Gasteiger charge is -2.12. The van der Waals surface area contributed by atoms with Crippen molar-refractivity contribution in [2.24, 2.45) is 7.05 Å². The van der Waals surface area contributed by atoms with E-state index >= 15 is 0 Å². The quantitative estimate of drug-likeness (QED) is 0.496. The van der Waals surface area contributed by atoms with Crippen LogP contribution in [0.2, 0.25) is 5.02 Å². The van der Waals surface area contributed by atoms with Gasteiger partial charge in [0, 0.05) is 19.2 Å². The van der Waals surface area contributed by atoms with Crippen molar-refractivity contribution in [3.05, 3.63) is 74.6 Å². The van der Waals surface area contributed by atoms with Gasteiger partial charge < -0.3 is 10.1 Å². The second-order valence-electron chi connectivity index (χ2n) is 6.26. The average Bonchev–Trinajstić information content (AvgIpc) is 2.96. The summed E-state index contributed by atoms with van der Waals surface area (Å²) in [5, 5.41) is 18.0. The molecule has 0 aliphatic rings. The Hall–Kier alpha value is -3.39. The van der Waals surface area contributed by atoms with Crippen LogP contribution in [0, 0.1) is 24.0 Å². The van der Waals surface area contributed by atoms with Crippen LogP contribution in [0.1, 0.15) is 21.6 Å². The molecule has 1 amide bonds. The van der Waals surface area contributed by atoms with Gasteiger partial charge in [-0.2, -0.15) is 5.10 Å². The Morgan fingerprint density at radius 2 is 2.00 bits per heavy atom. The van der Waals surface area contributed by atoms with Gasteiger partial charge in [-0.15, -0.1) is 0 Å². The lowest BCUT2D eigenvalue weighted by molar-refractivity contribution is -0.384. The van der Waals surface area contributed by atoms with Crippen LogP contribution < -0.4 is 10.1 Å². The third-order valence-corrected chi connectivity index (χ3v) is 4.32. The number of aromatic nitrogens is 2. The van der Waals surface area contributed by atoms with E-state index in [4.69, 9.17) is 16.3 Å².